The van der Waals surface area contributed by atoms with Crippen molar-refractivity contribution in [2.45, 2.75) is 18.0 Å². The number of rotatable bonds is 4. The number of carboxylic acids is 1. The molecule has 0 unspecified atom stereocenters. The lowest BCUT2D eigenvalue weighted by molar-refractivity contribution is -0.138. The highest BCUT2D eigenvalue weighted by molar-refractivity contribution is 7.89. The maximum Gasteiger partial charge on any atom is 0.416 e. The molecule has 0 amide bonds. The summed E-state index contributed by atoms with van der Waals surface area (Å²) in [5, 5.41) is 8.56. The van der Waals surface area contributed by atoms with Crippen molar-refractivity contribution in [1.82, 2.24) is 4.31 Å². The summed E-state index contributed by atoms with van der Waals surface area (Å²) >= 11 is 0. The molecule has 0 bridgehead atoms. The maximum absolute atomic E-state index is 12.5. The minimum atomic E-state index is -4.57. The summed E-state index contributed by atoms with van der Waals surface area (Å²) in [7, 11) is -3.10. The van der Waals surface area contributed by atoms with Gasteiger partial charge in [-0.05, 0) is 30.7 Å². The highest BCUT2D eigenvalue weighted by atomic mass is 32.2. The summed E-state index contributed by atoms with van der Waals surface area (Å²) in [6.07, 6.45) is -4.57. The first-order valence-corrected chi connectivity index (χ1v) is 6.76. The number of hydrogen-bond acceptors (Lipinski definition) is 3. The van der Waals surface area contributed by atoms with Crippen molar-refractivity contribution in [1.29, 1.82) is 0 Å². The van der Waals surface area contributed by atoms with Crippen molar-refractivity contribution in [3.8, 4) is 0 Å². The van der Waals surface area contributed by atoms with Gasteiger partial charge in [0.15, 0.2) is 0 Å². The molecule has 0 saturated heterocycles. The van der Waals surface area contributed by atoms with Gasteiger partial charge in [0.1, 0.15) is 6.54 Å². The first kappa shape index (κ1) is 16.4. The van der Waals surface area contributed by atoms with Crippen molar-refractivity contribution in [3.63, 3.8) is 0 Å². The van der Waals surface area contributed by atoms with E-state index >= 15 is 0 Å². The topological polar surface area (TPSA) is 74.7 Å². The molecular weight excluding hydrogens is 299 g/mol. The van der Waals surface area contributed by atoms with E-state index in [1.807, 2.05) is 0 Å². The third-order valence-corrected chi connectivity index (χ3v) is 4.51. The fourth-order valence-corrected chi connectivity index (χ4v) is 2.88. The molecule has 1 rings (SSSR count). The molecule has 1 aromatic rings. The second-order valence-corrected chi connectivity index (χ2v) is 6.15. The minimum absolute atomic E-state index is 0.0999. The summed E-state index contributed by atoms with van der Waals surface area (Å²) in [6, 6.07) is 2.18. The van der Waals surface area contributed by atoms with Crippen LogP contribution in [0.15, 0.2) is 23.1 Å². The zero-order valence-electron chi connectivity index (χ0n) is 10.6. The van der Waals surface area contributed by atoms with Gasteiger partial charge in [-0.15, -0.1) is 0 Å². The van der Waals surface area contributed by atoms with Gasteiger partial charge in [0.25, 0.3) is 0 Å². The number of sulfonamides is 1. The lowest BCUT2D eigenvalue weighted by Crippen LogP contribution is -2.32. The SMILES string of the molecule is Cc1cc(C(F)(F)F)ccc1S(=O)(=O)N(C)CC(=O)O. The number of carbonyl (C=O) groups is 1. The van der Waals surface area contributed by atoms with Crippen LogP contribution < -0.4 is 0 Å². The highest BCUT2D eigenvalue weighted by Crippen LogP contribution is 2.31. The Balaban J connectivity index is 3.24. The van der Waals surface area contributed by atoms with Crippen LogP contribution in [0.2, 0.25) is 0 Å². The lowest BCUT2D eigenvalue weighted by Gasteiger charge is -2.17. The van der Waals surface area contributed by atoms with Gasteiger partial charge < -0.3 is 5.11 Å². The second-order valence-electron chi connectivity index (χ2n) is 4.13. The maximum atomic E-state index is 12.5. The van der Waals surface area contributed by atoms with Crippen LogP contribution in [0.3, 0.4) is 0 Å². The number of nitrogens with zero attached hydrogens (tertiary/aromatic N) is 1. The zero-order chi connectivity index (χ0) is 15.7. The van der Waals surface area contributed by atoms with E-state index in [0.717, 1.165) is 13.1 Å². The molecule has 0 radical (unpaired) electrons. The van der Waals surface area contributed by atoms with Gasteiger partial charge in [-0.1, -0.05) is 0 Å². The molecule has 0 fully saturated rings. The molecule has 1 aromatic carbocycles. The fraction of sp³-hybridized carbons (Fsp3) is 0.364. The predicted molar refractivity (Wildman–Crippen MR) is 63.6 cm³/mol. The molecule has 0 aliphatic heterocycles. The predicted octanol–water partition coefficient (Wildman–Crippen LogP) is 1.72. The van der Waals surface area contributed by atoms with E-state index in [-0.39, 0.29) is 10.5 Å². The van der Waals surface area contributed by atoms with E-state index in [1.54, 1.807) is 0 Å². The summed E-state index contributed by atoms with van der Waals surface area (Å²) < 4.78 is 62.1. The first-order valence-electron chi connectivity index (χ1n) is 5.32. The second kappa shape index (κ2) is 5.41. The Bertz CT molecular complexity index is 625. The molecule has 0 aliphatic rings. The van der Waals surface area contributed by atoms with Crippen LogP contribution in [0, 0.1) is 6.92 Å². The van der Waals surface area contributed by atoms with Gasteiger partial charge in [0.2, 0.25) is 10.0 Å². The van der Waals surface area contributed by atoms with Crippen molar-refractivity contribution < 1.29 is 31.5 Å². The largest absolute Gasteiger partial charge is 0.480 e. The van der Waals surface area contributed by atoms with Gasteiger partial charge in [0.05, 0.1) is 10.5 Å². The first-order chi connectivity index (χ1) is 8.96. The van der Waals surface area contributed by atoms with Crippen molar-refractivity contribution in [2.75, 3.05) is 13.6 Å². The van der Waals surface area contributed by atoms with Crippen LogP contribution in [0.5, 0.6) is 0 Å². The van der Waals surface area contributed by atoms with Crippen molar-refractivity contribution >= 4 is 16.0 Å². The molecule has 20 heavy (non-hydrogen) atoms. The molecule has 9 heteroatoms. The number of halogens is 3. The highest BCUT2D eigenvalue weighted by Gasteiger charge is 2.32. The summed E-state index contributed by atoms with van der Waals surface area (Å²) in [6.45, 7) is 0.444. The Labute approximate surface area is 113 Å². The number of benzene rings is 1. The minimum Gasteiger partial charge on any atom is -0.480 e. The van der Waals surface area contributed by atoms with E-state index < -0.39 is 34.3 Å². The third kappa shape index (κ3) is 3.48. The number of hydrogen-bond donors (Lipinski definition) is 1. The van der Waals surface area contributed by atoms with Gasteiger partial charge in [0, 0.05) is 7.05 Å². The van der Waals surface area contributed by atoms with Crippen LogP contribution >= 0.6 is 0 Å². The van der Waals surface area contributed by atoms with Crippen LogP contribution in [0.1, 0.15) is 11.1 Å². The van der Waals surface area contributed by atoms with E-state index in [9.17, 15) is 26.4 Å². The molecule has 0 aromatic heterocycles. The molecule has 1 N–H and O–H groups in total. The number of aliphatic carboxylic acids is 1. The zero-order valence-corrected chi connectivity index (χ0v) is 11.4. The number of alkyl halides is 3. The summed E-state index contributed by atoms with van der Waals surface area (Å²) in [5.74, 6) is -1.36. The Morgan fingerprint density at radius 2 is 1.90 bits per heavy atom. The monoisotopic (exact) mass is 311 g/mol. The average Bonchev–Trinajstić information content (AvgIpc) is 2.26. The standard InChI is InChI=1S/C11H12F3NO4S/c1-7-5-8(11(12,13)14)3-4-9(7)20(18,19)15(2)6-10(16)17/h3-5H,6H2,1-2H3,(H,16,17). The number of likely N-dealkylation sites (N-methyl/N-ethyl adjacent to an activating group) is 1. The lowest BCUT2D eigenvalue weighted by atomic mass is 10.1. The average molecular weight is 311 g/mol. The van der Waals surface area contributed by atoms with Crippen LogP contribution in [0.25, 0.3) is 0 Å². The van der Waals surface area contributed by atoms with Crippen LogP contribution in [0.4, 0.5) is 13.2 Å². The Hall–Kier alpha value is -1.61. The Morgan fingerprint density at radius 3 is 2.30 bits per heavy atom. The molecule has 0 atom stereocenters. The van der Waals surface area contributed by atoms with Gasteiger partial charge in [-0.25, -0.2) is 8.42 Å². The molecule has 0 heterocycles. The van der Waals surface area contributed by atoms with Crippen LogP contribution in [-0.2, 0) is 21.0 Å². The van der Waals surface area contributed by atoms with Gasteiger partial charge in [-0.2, -0.15) is 17.5 Å². The van der Waals surface area contributed by atoms with Gasteiger partial charge in [-0.3, -0.25) is 4.79 Å². The third-order valence-electron chi connectivity index (χ3n) is 2.55. The van der Waals surface area contributed by atoms with E-state index in [2.05, 4.69) is 0 Å². The van der Waals surface area contributed by atoms with Crippen LogP contribution in [-0.4, -0.2) is 37.4 Å². The van der Waals surface area contributed by atoms with E-state index in [0.29, 0.717) is 16.4 Å². The van der Waals surface area contributed by atoms with E-state index in [4.69, 9.17) is 5.11 Å². The molecular formula is C11H12F3NO4S. The quantitative estimate of drug-likeness (QED) is 0.919. The summed E-state index contributed by atoms with van der Waals surface area (Å²) in [5.41, 5.74) is -1.06. The molecule has 5 nitrogen and oxygen atoms in total. The number of carboxylic acid groups (broad SMARTS) is 1. The normalized spacial score (nSPS) is 12.7. The summed E-state index contributed by atoms with van der Waals surface area (Å²) in [4.78, 5) is 10.2. The Morgan fingerprint density at radius 1 is 1.35 bits per heavy atom. The van der Waals surface area contributed by atoms with Crippen molar-refractivity contribution in [2.24, 2.45) is 0 Å². The molecule has 112 valence electrons. The smallest absolute Gasteiger partial charge is 0.416 e. The van der Waals surface area contributed by atoms with Crippen molar-refractivity contribution in [3.05, 3.63) is 29.3 Å². The van der Waals surface area contributed by atoms with Gasteiger partial charge >= 0.3 is 12.1 Å². The molecule has 0 spiro atoms. The molecule has 0 aliphatic carbocycles. The van der Waals surface area contributed by atoms with E-state index in [1.165, 1.54) is 6.92 Å². The fourth-order valence-electron chi connectivity index (χ4n) is 1.56. The number of aryl methyl sites for hydroxylation is 1. The molecule has 0 saturated carbocycles. The Kier molecular flexibility index (Phi) is 4.45.